The van der Waals surface area contributed by atoms with Crippen molar-refractivity contribution in [3.8, 4) is 23.0 Å². The number of methoxy groups -OCH3 is 2. The fraction of sp³-hybridized carbons (Fsp3) is 0.333. The summed E-state index contributed by atoms with van der Waals surface area (Å²) in [5.41, 5.74) is 1.67. The van der Waals surface area contributed by atoms with Crippen molar-refractivity contribution in [2.45, 2.75) is 46.8 Å². The molecule has 0 N–H and O–H groups in total. The minimum atomic E-state index is -0.814. The van der Waals surface area contributed by atoms with Crippen LogP contribution in [0.15, 0.2) is 51.4 Å². The summed E-state index contributed by atoms with van der Waals surface area (Å²) < 4.78 is 30.1. The molecule has 1 atom stereocenters. The third-order valence-electron chi connectivity index (χ3n) is 6.18. The summed E-state index contributed by atoms with van der Waals surface area (Å²) in [6.07, 6.45) is 1.64. The molecule has 2 aromatic carbocycles. The number of fused-ring (bicyclic) bond motifs is 1. The van der Waals surface area contributed by atoms with E-state index >= 15 is 0 Å². The predicted molar refractivity (Wildman–Crippen MR) is 166 cm³/mol. The molecular formula is C30H31IN2O8S. The molecule has 0 saturated heterocycles. The van der Waals surface area contributed by atoms with Crippen molar-refractivity contribution in [3.63, 3.8) is 0 Å². The summed E-state index contributed by atoms with van der Waals surface area (Å²) in [6.45, 7) is 8.76. The monoisotopic (exact) mass is 706 g/mol. The highest BCUT2D eigenvalue weighted by molar-refractivity contribution is 14.1. The maximum Gasteiger partial charge on any atom is 0.338 e. The molecule has 0 radical (unpaired) electrons. The molecule has 12 heteroatoms. The minimum absolute atomic E-state index is 0.0792. The number of aromatic nitrogens is 1. The zero-order chi connectivity index (χ0) is 30.7. The minimum Gasteiger partial charge on any atom is -0.493 e. The van der Waals surface area contributed by atoms with Crippen LogP contribution >= 0.6 is 33.9 Å². The van der Waals surface area contributed by atoms with Crippen LogP contribution in [0.3, 0.4) is 0 Å². The summed E-state index contributed by atoms with van der Waals surface area (Å²) >= 11 is 3.25. The largest absolute Gasteiger partial charge is 0.493 e. The van der Waals surface area contributed by atoms with Gasteiger partial charge in [-0.1, -0.05) is 17.4 Å². The molecule has 0 bridgehead atoms. The molecule has 4 rings (SSSR count). The topological polar surface area (TPSA) is 115 Å². The number of halogens is 1. The molecule has 0 amide bonds. The lowest BCUT2D eigenvalue weighted by molar-refractivity contribution is -0.139. The van der Waals surface area contributed by atoms with Gasteiger partial charge in [0.05, 0.1) is 52.3 Å². The van der Waals surface area contributed by atoms with Crippen LogP contribution in [0.1, 0.15) is 51.8 Å². The fourth-order valence-electron chi connectivity index (χ4n) is 4.53. The Morgan fingerprint density at radius 2 is 1.83 bits per heavy atom. The van der Waals surface area contributed by atoms with Crippen molar-refractivity contribution in [1.29, 1.82) is 0 Å². The number of allylic oxidation sites excluding steroid dienone is 1. The van der Waals surface area contributed by atoms with E-state index in [4.69, 9.17) is 23.7 Å². The van der Waals surface area contributed by atoms with Gasteiger partial charge in [0.2, 0.25) is 0 Å². The standard InChI is InChI=1S/C30H31IN2O8S/c1-8-39-29(36)25-16(4)32-30-33(26(25)19-9-10-21(40-15(2)3)22(14-19)37-6)28(35)24(42-30)13-18-11-20(31)27(41-17(5)34)23(12-18)38-7/h9-15,26H,8H2,1-7H3/b24-13+/t26-/m1/s1. The van der Waals surface area contributed by atoms with E-state index < -0.39 is 18.0 Å². The van der Waals surface area contributed by atoms with Crippen LogP contribution in [0.5, 0.6) is 23.0 Å². The molecule has 1 aromatic heterocycles. The maximum atomic E-state index is 14.0. The van der Waals surface area contributed by atoms with E-state index in [0.717, 1.165) is 0 Å². The Labute approximate surface area is 260 Å². The molecule has 222 valence electrons. The number of benzene rings is 2. The molecule has 0 saturated carbocycles. The summed E-state index contributed by atoms with van der Waals surface area (Å²) in [5.74, 6) is 0.641. The maximum absolute atomic E-state index is 14.0. The van der Waals surface area contributed by atoms with Crippen LogP contribution in [-0.4, -0.2) is 43.4 Å². The molecule has 10 nitrogen and oxygen atoms in total. The molecule has 42 heavy (non-hydrogen) atoms. The molecule has 0 aliphatic carbocycles. The lowest BCUT2D eigenvalue weighted by Gasteiger charge is -2.25. The second-order valence-electron chi connectivity index (χ2n) is 9.51. The Kier molecular flexibility index (Phi) is 9.77. The number of nitrogens with zero attached hydrogens (tertiary/aromatic N) is 2. The van der Waals surface area contributed by atoms with Gasteiger partial charge in [-0.2, -0.15) is 0 Å². The number of thiazole rings is 1. The van der Waals surface area contributed by atoms with Gasteiger partial charge < -0.3 is 23.7 Å². The van der Waals surface area contributed by atoms with Gasteiger partial charge in [-0.3, -0.25) is 14.2 Å². The van der Waals surface area contributed by atoms with Crippen LogP contribution in [0, 0.1) is 3.57 Å². The van der Waals surface area contributed by atoms with Gasteiger partial charge in [-0.15, -0.1) is 0 Å². The average molecular weight is 707 g/mol. The molecule has 1 aliphatic heterocycles. The third kappa shape index (κ3) is 6.38. The molecule has 1 aliphatic rings. The van der Waals surface area contributed by atoms with Gasteiger partial charge in [0, 0.05) is 6.92 Å². The molecule has 0 fully saturated rings. The first-order valence-electron chi connectivity index (χ1n) is 13.1. The second kappa shape index (κ2) is 13.1. The van der Waals surface area contributed by atoms with Crippen LogP contribution < -0.4 is 33.8 Å². The van der Waals surface area contributed by atoms with E-state index in [1.807, 2.05) is 36.4 Å². The predicted octanol–water partition coefficient (Wildman–Crippen LogP) is 4.13. The zero-order valence-corrected chi connectivity index (χ0v) is 27.2. The van der Waals surface area contributed by atoms with E-state index in [9.17, 15) is 14.4 Å². The number of carbonyl (C=O) groups excluding carboxylic acids is 2. The number of ether oxygens (including phenoxy) is 5. The van der Waals surface area contributed by atoms with Gasteiger partial charge in [-0.05, 0) is 91.8 Å². The van der Waals surface area contributed by atoms with Crippen LogP contribution in [-0.2, 0) is 14.3 Å². The highest BCUT2D eigenvalue weighted by Crippen LogP contribution is 2.37. The first kappa shape index (κ1) is 31.3. The Bertz CT molecular complexity index is 1760. The van der Waals surface area contributed by atoms with Crippen LogP contribution in [0.2, 0.25) is 0 Å². The second-order valence-corrected chi connectivity index (χ2v) is 11.7. The van der Waals surface area contributed by atoms with Gasteiger partial charge >= 0.3 is 11.9 Å². The van der Waals surface area contributed by atoms with Gasteiger partial charge in [0.1, 0.15) is 0 Å². The number of rotatable bonds is 9. The van der Waals surface area contributed by atoms with Gasteiger partial charge in [0.25, 0.3) is 5.56 Å². The van der Waals surface area contributed by atoms with E-state index in [2.05, 4.69) is 4.99 Å². The lowest BCUT2D eigenvalue weighted by Crippen LogP contribution is -2.40. The molecule has 2 heterocycles. The quantitative estimate of drug-likeness (QED) is 0.186. The summed E-state index contributed by atoms with van der Waals surface area (Å²) in [4.78, 5) is 43.9. The Morgan fingerprint density at radius 3 is 2.45 bits per heavy atom. The third-order valence-corrected chi connectivity index (χ3v) is 7.96. The van der Waals surface area contributed by atoms with Crippen LogP contribution in [0.25, 0.3) is 6.08 Å². The Hall–Kier alpha value is -3.65. The molecule has 3 aromatic rings. The van der Waals surface area contributed by atoms with Crippen LogP contribution in [0.4, 0.5) is 0 Å². The van der Waals surface area contributed by atoms with E-state index in [1.54, 1.807) is 50.3 Å². The van der Waals surface area contributed by atoms with Crippen molar-refractivity contribution in [3.05, 3.63) is 76.0 Å². The number of hydrogen-bond donors (Lipinski definition) is 0. The number of carbonyl (C=O) groups is 2. The Morgan fingerprint density at radius 1 is 1.12 bits per heavy atom. The Balaban J connectivity index is 1.93. The highest BCUT2D eigenvalue weighted by atomic mass is 127. The molecule has 0 spiro atoms. The summed E-state index contributed by atoms with van der Waals surface area (Å²) in [5, 5.41) is 0. The number of hydrogen-bond acceptors (Lipinski definition) is 10. The van der Waals surface area contributed by atoms with E-state index in [0.29, 0.717) is 52.7 Å². The van der Waals surface area contributed by atoms with Crippen molar-refractivity contribution in [1.82, 2.24) is 4.57 Å². The SMILES string of the molecule is CCOC(=O)C1=C(C)N=c2s/c(=C/c3cc(I)c(OC(C)=O)c(OC)c3)c(=O)n2[C@@H]1c1ccc(OC(C)C)c(OC)c1. The van der Waals surface area contributed by atoms with Crippen molar-refractivity contribution >= 4 is 51.9 Å². The van der Waals surface area contributed by atoms with Gasteiger partial charge in [0.15, 0.2) is 27.8 Å². The first-order chi connectivity index (χ1) is 20.0. The van der Waals surface area contributed by atoms with E-state index in [-0.39, 0.29) is 23.8 Å². The van der Waals surface area contributed by atoms with Crippen molar-refractivity contribution in [2.24, 2.45) is 4.99 Å². The fourth-order valence-corrected chi connectivity index (χ4v) is 6.31. The van der Waals surface area contributed by atoms with E-state index in [1.165, 1.54) is 37.0 Å². The van der Waals surface area contributed by atoms with Crippen molar-refractivity contribution < 1.29 is 33.3 Å². The van der Waals surface area contributed by atoms with Crippen molar-refractivity contribution in [2.75, 3.05) is 20.8 Å². The zero-order valence-electron chi connectivity index (χ0n) is 24.3. The average Bonchev–Trinajstić information content (AvgIpc) is 3.23. The number of esters is 2. The highest BCUT2D eigenvalue weighted by Gasteiger charge is 2.34. The normalized spacial score (nSPS) is 14.8. The smallest absolute Gasteiger partial charge is 0.338 e. The molecule has 0 unspecified atom stereocenters. The lowest BCUT2D eigenvalue weighted by atomic mass is 9.95. The molecular weight excluding hydrogens is 675 g/mol. The van der Waals surface area contributed by atoms with Gasteiger partial charge in [-0.25, -0.2) is 9.79 Å². The summed E-state index contributed by atoms with van der Waals surface area (Å²) in [7, 11) is 3.01. The first-order valence-corrected chi connectivity index (χ1v) is 15.0. The summed E-state index contributed by atoms with van der Waals surface area (Å²) in [6, 6.07) is 7.99.